The van der Waals surface area contributed by atoms with Gasteiger partial charge in [0, 0.05) is 0 Å². The van der Waals surface area contributed by atoms with E-state index in [0.29, 0.717) is 5.41 Å². The van der Waals surface area contributed by atoms with Gasteiger partial charge in [0.15, 0.2) is 0 Å². The summed E-state index contributed by atoms with van der Waals surface area (Å²) in [6.07, 6.45) is 1.25. The molecule has 0 unspecified atom stereocenters. The van der Waals surface area contributed by atoms with Crippen molar-refractivity contribution < 1.29 is 13.0 Å². The number of allylic oxidation sites excluding steroid dienone is 1. The van der Waals surface area contributed by atoms with Crippen molar-refractivity contribution in [3.8, 4) is 0 Å². The normalized spacial score (nSPS) is 11.2. The van der Waals surface area contributed by atoms with Gasteiger partial charge in [-0.1, -0.05) is 6.08 Å². The third-order valence-electron chi connectivity index (χ3n) is 0.308. The fourth-order valence-electron chi connectivity index (χ4n) is 0.172. The SMILES string of the molecule is CC=CS(=O)(=O)O.[KH]. The van der Waals surface area contributed by atoms with E-state index < -0.39 is 10.1 Å². The van der Waals surface area contributed by atoms with Gasteiger partial charge in [-0.25, -0.2) is 0 Å². The van der Waals surface area contributed by atoms with Crippen LogP contribution in [0.2, 0.25) is 0 Å². The molecule has 0 aliphatic carbocycles. The molecule has 0 aromatic heterocycles. The van der Waals surface area contributed by atoms with Gasteiger partial charge in [-0.05, 0) is 6.92 Å². The summed E-state index contributed by atoms with van der Waals surface area (Å²) < 4.78 is 27.3. The summed E-state index contributed by atoms with van der Waals surface area (Å²) in [5, 5.41) is 0.715. The number of rotatable bonds is 1. The average Bonchev–Trinajstić information content (AvgIpc) is 1.30. The first kappa shape index (κ1) is 12.0. The number of hydrogen-bond donors (Lipinski definition) is 1. The van der Waals surface area contributed by atoms with Crippen molar-refractivity contribution in [3.05, 3.63) is 11.5 Å². The molecule has 0 heterocycles. The predicted octanol–water partition coefficient (Wildman–Crippen LogP) is -0.241. The van der Waals surface area contributed by atoms with Crippen LogP contribution in [-0.2, 0) is 10.1 Å². The summed E-state index contributed by atoms with van der Waals surface area (Å²) in [6.45, 7) is 1.51. The quantitative estimate of drug-likeness (QED) is 0.427. The minimum atomic E-state index is -3.85. The molecular formula is C3H7KO3S. The maximum atomic E-state index is 9.70. The first-order chi connectivity index (χ1) is 3.06. The first-order valence-electron chi connectivity index (χ1n) is 1.66. The summed E-state index contributed by atoms with van der Waals surface area (Å²) >= 11 is 0. The van der Waals surface area contributed by atoms with Gasteiger partial charge in [0.1, 0.15) is 0 Å². The van der Waals surface area contributed by atoms with E-state index in [1.54, 1.807) is 0 Å². The topological polar surface area (TPSA) is 54.4 Å². The molecule has 8 heavy (non-hydrogen) atoms. The zero-order chi connectivity index (χ0) is 5.91. The molecule has 3 nitrogen and oxygen atoms in total. The van der Waals surface area contributed by atoms with E-state index >= 15 is 0 Å². The summed E-state index contributed by atoms with van der Waals surface area (Å²) in [7, 11) is -3.85. The van der Waals surface area contributed by atoms with Crippen LogP contribution in [0.5, 0.6) is 0 Å². The van der Waals surface area contributed by atoms with Crippen LogP contribution in [0.1, 0.15) is 6.92 Å². The zero-order valence-corrected chi connectivity index (χ0v) is 4.64. The average molecular weight is 162 g/mol. The van der Waals surface area contributed by atoms with Crippen LogP contribution >= 0.6 is 0 Å². The molecule has 0 spiro atoms. The zero-order valence-electron chi connectivity index (χ0n) is 3.83. The van der Waals surface area contributed by atoms with Crippen LogP contribution in [-0.4, -0.2) is 64.4 Å². The molecule has 0 aromatic carbocycles. The van der Waals surface area contributed by atoms with Crippen molar-refractivity contribution in [1.82, 2.24) is 0 Å². The molecule has 0 fully saturated rings. The molecule has 0 rings (SSSR count). The van der Waals surface area contributed by atoms with E-state index in [1.807, 2.05) is 0 Å². The third kappa shape index (κ3) is 10.3. The van der Waals surface area contributed by atoms with Crippen LogP contribution in [0.3, 0.4) is 0 Å². The molecule has 1 N–H and O–H groups in total. The van der Waals surface area contributed by atoms with Gasteiger partial charge in [0.25, 0.3) is 10.1 Å². The summed E-state index contributed by atoms with van der Waals surface area (Å²) in [5.74, 6) is 0. The Hall–Kier alpha value is 1.29. The Labute approximate surface area is 91.3 Å². The summed E-state index contributed by atoms with van der Waals surface area (Å²) in [5.41, 5.74) is 0. The van der Waals surface area contributed by atoms with Crippen LogP contribution < -0.4 is 0 Å². The van der Waals surface area contributed by atoms with E-state index in [0.717, 1.165) is 0 Å². The van der Waals surface area contributed by atoms with Crippen molar-refractivity contribution in [3.63, 3.8) is 0 Å². The molecule has 0 bridgehead atoms. The first-order valence-corrected chi connectivity index (χ1v) is 3.17. The van der Waals surface area contributed by atoms with Crippen LogP contribution in [0.15, 0.2) is 11.5 Å². The van der Waals surface area contributed by atoms with Gasteiger partial charge >= 0.3 is 51.4 Å². The van der Waals surface area contributed by atoms with Crippen molar-refractivity contribution in [2.45, 2.75) is 6.92 Å². The Bertz CT molecular complexity index is 157. The van der Waals surface area contributed by atoms with E-state index in [-0.39, 0.29) is 51.4 Å². The molecule has 0 amide bonds. The molecular weight excluding hydrogens is 155 g/mol. The van der Waals surface area contributed by atoms with Gasteiger partial charge in [-0.15, -0.1) is 0 Å². The van der Waals surface area contributed by atoms with E-state index in [9.17, 15) is 8.42 Å². The molecule has 0 saturated heterocycles. The Morgan fingerprint density at radius 1 is 1.50 bits per heavy atom. The second-order valence-electron chi connectivity index (χ2n) is 0.984. The maximum absolute atomic E-state index is 9.70. The minimum absolute atomic E-state index is 0. The molecule has 44 valence electrons. The molecule has 0 saturated carbocycles. The molecule has 0 aromatic rings. The Morgan fingerprint density at radius 3 is 1.88 bits per heavy atom. The standard InChI is InChI=1S/C3H6O3S.K.H/c1-2-3-7(4,5)6;;/h2-3H,1H3,(H,4,5,6);;. The van der Waals surface area contributed by atoms with Gasteiger partial charge < -0.3 is 0 Å². The molecule has 0 atom stereocenters. The summed E-state index contributed by atoms with van der Waals surface area (Å²) in [4.78, 5) is 0. The van der Waals surface area contributed by atoms with E-state index in [1.165, 1.54) is 13.0 Å². The Kier molecular flexibility index (Phi) is 7.66. The van der Waals surface area contributed by atoms with Crippen molar-refractivity contribution in [1.29, 1.82) is 0 Å². The molecule has 5 heteroatoms. The van der Waals surface area contributed by atoms with Gasteiger partial charge in [0.05, 0.1) is 5.41 Å². The van der Waals surface area contributed by atoms with E-state index in [4.69, 9.17) is 4.55 Å². The molecule has 0 aliphatic heterocycles. The second kappa shape index (κ2) is 5.10. The van der Waals surface area contributed by atoms with Crippen molar-refractivity contribution in [2.75, 3.05) is 0 Å². The molecule has 0 radical (unpaired) electrons. The summed E-state index contributed by atoms with van der Waals surface area (Å²) in [6, 6.07) is 0. The van der Waals surface area contributed by atoms with Crippen LogP contribution in [0.4, 0.5) is 0 Å². The fraction of sp³-hybridized carbons (Fsp3) is 0.333. The van der Waals surface area contributed by atoms with Gasteiger partial charge in [0.2, 0.25) is 0 Å². The van der Waals surface area contributed by atoms with E-state index in [2.05, 4.69) is 0 Å². The number of hydrogen-bond acceptors (Lipinski definition) is 2. The van der Waals surface area contributed by atoms with Crippen LogP contribution in [0.25, 0.3) is 0 Å². The van der Waals surface area contributed by atoms with Gasteiger partial charge in [-0.3, -0.25) is 4.55 Å². The Balaban J connectivity index is 0. The monoisotopic (exact) mass is 162 g/mol. The fourth-order valence-corrected chi connectivity index (χ4v) is 0.516. The van der Waals surface area contributed by atoms with Crippen LogP contribution in [0, 0.1) is 0 Å². The van der Waals surface area contributed by atoms with Crippen molar-refractivity contribution in [2.24, 2.45) is 0 Å². The molecule has 0 aliphatic rings. The third-order valence-corrected chi connectivity index (χ3v) is 0.924. The van der Waals surface area contributed by atoms with Gasteiger partial charge in [-0.2, -0.15) is 8.42 Å². The van der Waals surface area contributed by atoms with Crippen molar-refractivity contribution >= 4 is 61.5 Å². The Morgan fingerprint density at radius 2 is 1.88 bits per heavy atom. The predicted molar refractivity (Wildman–Crippen MR) is 33.5 cm³/mol. The second-order valence-corrected chi connectivity index (χ2v) is 2.29.